The third kappa shape index (κ3) is 2.81. The number of rotatable bonds is 3. The number of nitrogens with one attached hydrogen (secondary N) is 1. The molecule has 1 N–H and O–H groups in total. The molecule has 3 nitrogen and oxygen atoms in total. The third-order valence-electron chi connectivity index (χ3n) is 3.98. The summed E-state index contributed by atoms with van der Waals surface area (Å²) in [5, 5.41) is 3.49. The normalized spacial score (nSPS) is 19.8. The number of hydrogen-bond donors (Lipinski definition) is 1. The zero-order valence-corrected chi connectivity index (χ0v) is 12.9. The Hall–Kier alpha value is -1.81. The van der Waals surface area contributed by atoms with Crippen molar-refractivity contribution in [2.75, 3.05) is 11.1 Å². The van der Waals surface area contributed by atoms with Crippen LogP contribution in [0.4, 0.5) is 5.69 Å². The molecule has 1 aliphatic heterocycles. The summed E-state index contributed by atoms with van der Waals surface area (Å²) >= 11 is 0. The molecule has 1 unspecified atom stereocenters. The second-order valence-corrected chi connectivity index (χ2v) is 7.47. The van der Waals surface area contributed by atoms with Gasteiger partial charge in [0.1, 0.15) is 0 Å². The zero-order valence-electron chi connectivity index (χ0n) is 12.0. The average Bonchev–Trinajstić information content (AvgIpc) is 2.51. The van der Waals surface area contributed by atoms with Crippen LogP contribution in [0, 0.1) is 0 Å². The minimum absolute atomic E-state index is 0.0526. The van der Waals surface area contributed by atoms with Crippen molar-refractivity contribution in [3.63, 3.8) is 0 Å². The van der Waals surface area contributed by atoms with E-state index in [1.165, 1.54) is 5.56 Å². The molecule has 0 saturated carbocycles. The second-order valence-electron chi connectivity index (χ2n) is 5.40. The molecule has 1 heterocycles. The lowest BCUT2D eigenvalue weighted by Gasteiger charge is -2.27. The van der Waals surface area contributed by atoms with E-state index in [0.29, 0.717) is 11.3 Å². The monoisotopic (exact) mass is 301 g/mol. The van der Waals surface area contributed by atoms with Crippen molar-refractivity contribution in [1.82, 2.24) is 0 Å². The van der Waals surface area contributed by atoms with E-state index < -0.39 is 9.84 Å². The molecule has 0 fully saturated rings. The fourth-order valence-electron chi connectivity index (χ4n) is 2.82. The van der Waals surface area contributed by atoms with E-state index in [4.69, 9.17) is 0 Å². The van der Waals surface area contributed by atoms with Crippen molar-refractivity contribution in [2.45, 2.75) is 30.7 Å². The van der Waals surface area contributed by atoms with E-state index in [1.54, 1.807) is 12.1 Å². The Balaban J connectivity index is 1.93. The molecular weight excluding hydrogens is 282 g/mol. The third-order valence-corrected chi connectivity index (χ3v) is 5.80. The standard InChI is InChI=1S/C17H19NO2S/c1-2-13-6-5-7-14(12-13)18-16-10-11-21(19,20)17-9-4-3-8-15(16)17/h3-9,12,16,18H,2,10-11H2,1H3. The Bertz CT molecular complexity index is 753. The van der Waals surface area contributed by atoms with Gasteiger partial charge in [-0.3, -0.25) is 0 Å². The minimum atomic E-state index is -3.12. The maximum Gasteiger partial charge on any atom is 0.178 e. The van der Waals surface area contributed by atoms with Gasteiger partial charge in [0.15, 0.2) is 9.84 Å². The van der Waals surface area contributed by atoms with Gasteiger partial charge in [0.25, 0.3) is 0 Å². The van der Waals surface area contributed by atoms with Crippen molar-refractivity contribution in [3.8, 4) is 0 Å². The lowest BCUT2D eigenvalue weighted by molar-refractivity contribution is 0.576. The summed E-state index contributed by atoms with van der Waals surface area (Å²) in [5.74, 6) is 0.204. The van der Waals surface area contributed by atoms with Gasteiger partial charge in [-0.15, -0.1) is 0 Å². The molecule has 0 amide bonds. The molecule has 0 bridgehead atoms. The summed E-state index contributed by atoms with van der Waals surface area (Å²) in [5.41, 5.74) is 3.20. The molecule has 1 atom stereocenters. The molecule has 0 aliphatic carbocycles. The number of fused-ring (bicyclic) bond motifs is 1. The van der Waals surface area contributed by atoms with Crippen molar-refractivity contribution in [2.24, 2.45) is 0 Å². The summed E-state index contributed by atoms with van der Waals surface area (Å²) in [6.07, 6.45) is 1.60. The van der Waals surface area contributed by atoms with Gasteiger partial charge in [-0.1, -0.05) is 37.3 Å². The Kier molecular flexibility index (Phi) is 3.72. The fourth-order valence-corrected chi connectivity index (χ4v) is 4.44. The molecular formula is C17H19NO2S. The first kappa shape index (κ1) is 14.1. The van der Waals surface area contributed by atoms with E-state index in [1.807, 2.05) is 24.3 Å². The number of hydrogen-bond acceptors (Lipinski definition) is 3. The fraction of sp³-hybridized carbons (Fsp3) is 0.294. The lowest BCUT2D eigenvalue weighted by atomic mass is 10.0. The molecule has 1 aliphatic rings. The van der Waals surface area contributed by atoms with Crippen LogP contribution in [0.3, 0.4) is 0 Å². The highest BCUT2D eigenvalue weighted by atomic mass is 32.2. The van der Waals surface area contributed by atoms with E-state index in [-0.39, 0.29) is 11.8 Å². The van der Waals surface area contributed by atoms with E-state index in [9.17, 15) is 8.42 Å². The molecule has 4 heteroatoms. The van der Waals surface area contributed by atoms with Crippen LogP contribution in [0.1, 0.15) is 30.5 Å². The smallest absolute Gasteiger partial charge is 0.178 e. The number of benzene rings is 2. The van der Waals surface area contributed by atoms with Crippen LogP contribution in [-0.2, 0) is 16.3 Å². The van der Waals surface area contributed by atoms with Gasteiger partial charge in [-0.2, -0.15) is 0 Å². The molecule has 3 rings (SSSR count). The zero-order chi connectivity index (χ0) is 14.9. The van der Waals surface area contributed by atoms with Gasteiger partial charge in [0, 0.05) is 5.69 Å². The highest BCUT2D eigenvalue weighted by molar-refractivity contribution is 7.91. The summed E-state index contributed by atoms with van der Waals surface area (Å²) in [7, 11) is -3.12. The average molecular weight is 301 g/mol. The molecule has 0 saturated heterocycles. The first-order valence-electron chi connectivity index (χ1n) is 7.27. The summed E-state index contributed by atoms with van der Waals surface area (Å²) < 4.78 is 24.3. The molecule has 0 spiro atoms. The molecule has 0 aromatic heterocycles. The molecule has 110 valence electrons. The van der Waals surface area contributed by atoms with Crippen molar-refractivity contribution in [1.29, 1.82) is 0 Å². The van der Waals surface area contributed by atoms with Crippen LogP contribution in [0.25, 0.3) is 0 Å². The van der Waals surface area contributed by atoms with Crippen molar-refractivity contribution in [3.05, 3.63) is 59.7 Å². The van der Waals surface area contributed by atoms with Crippen LogP contribution in [0.2, 0.25) is 0 Å². The van der Waals surface area contributed by atoms with Gasteiger partial charge in [0.05, 0.1) is 16.7 Å². The van der Waals surface area contributed by atoms with E-state index >= 15 is 0 Å². The number of anilines is 1. The summed E-state index contributed by atoms with van der Waals surface area (Å²) in [6.45, 7) is 2.13. The molecule has 21 heavy (non-hydrogen) atoms. The van der Waals surface area contributed by atoms with Crippen molar-refractivity contribution >= 4 is 15.5 Å². The number of sulfone groups is 1. The van der Waals surface area contributed by atoms with Gasteiger partial charge in [-0.05, 0) is 42.2 Å². The van der Waals surface area contributed by atoms with Crippen LogP contribution in [0.5, 0.6) is 0 Å². The van der Waals surface area contributed by atoms with E-state index in [2.05, 4.69) is 24.4 Å². The maximum atomic E-state index is 12.1. The predicted molar refractivity (Wildman–Crippen MR) is 85.3 cm³/mol. The van der Waals surface area contributed by atoms with Gasteiger partial charge >= 0.3 is 0 Å². The van der Waals surface area contributed by atoms with Crippen molar-refractivity contribution < 1.29 is 8.42 Å². The minimum Gasteiger partial charge on any atom is -0.378 e. The van der Waals surface area contributed by atoms with Crippen LogP contribution < -0.4 is 5.32 Å². The SMILES string of the molecule is CCc1cccc(NC2CCS(=O)(=O)c3ccccc32)c1. The quantitative estimate of drug-likeness (QED) is 0.942. The highest BCUT2D eigenvalue weighted by Gasteiger charge is 2.29. The summed E-state index contributed by atoms with van der Waals surface area (Å²) in [4.78, 5) is 0.473. The number of aryl methyl sites for hydroxylation is 1. The molecule has 2 aromatic rings. The van der Waals surface area contributed by atoms with E-state index in [0.717, 1.165) is 17.7 Å². The lowest BCUT2D eigenvalue weighted by Crippen LogP contribution is -2.24. The second kappa shape index (κ2) is 5.53. The summed E-state index contributed by atoms with van der Waals surface area (Å²) in [6, 6.07) is 15.7. The van der Waals surface area contributed by atoms with Gasteiger partial charge < -0.3 is 5.32 Å². The van der Waals surface area contributed by atoms with Crippen LogP contribution >= 0.6 is 0 Å². The maximum absolute atomic E-state index is 12.1. The predicted octanol–water partition coefficient (Wildman–Crippen LogP) is 3.58. The Morgan fingerprint density at radius 2 is 1.95 bits per heavy atom. The van der Waals surface area contributed by atoms with Crippen LogP contribution in [-0.4, -0.2) is 14.2 Å². The van der Waals surface area contributed by atoms with Gasteiger partial charge in [-0.25, -0.2) is 8.42 Å². The Labute approximate surface area is 125 Å². The Morgan fingerprint density at radius 3 is 2.76 bits per heavy atom. The molecule has 0 radical (unpaired) electrons. The van der Waals surface area contributed by atoms with Gasteiger partial charge in [0.2, 0.25) is 0 Å². The highest BCUT2D eigenvalue weighted by Crippen LogP contribution is 2.34. The van der Waals surface area contributed by atoms with Crippen LogP contribution in [0.15, 0.2) is 53.4 Å². The topological polar surface area (TPSA) is 46.2 Å². The Morgan fingerprint density at radius 1 is 1.14 bits per heavy atom. The largest absolute Gasteiger partial charge is 0.378 e. The first-order valence-corrected chi connectivity index (χ1v) is 8.92. The molecule has 2 aromatic carbocycles. The first-order chi connectivity index (χ1) is 10.1.